The van der Waals surface area contributed by atoms with Crippen LogP contribution in [0, 0.1) is 0 Å². The smallest absolute Gasteiger partial charge is 0.227 e. The summed E-state index contributed by atoms with van der Waals surface area (Å²) in [5, 5.41) is 3.57. The highest BCUT2D eigenvalue weighted by molar-refractivity contribution is 5.53. The van der Waals surface area contributed by atoms with Crippen LogP contribution in [0.25, 0.3) is 0 Å². The molecular formula is C20H30N4O2. The maximum absolute atomic E-state index is 5.95. The topological polar surface area (TPSA) is 59.5 Å². The van der Waals surface area contributed by atoms with Crippen LogP contribution in [-0.4, -0.2) is 55.0 Å². The summed E-state index contributed by atoms with van der Waals surface area (Å²) in [5.41, 5.74) is 3.64. The summed E-state index contributed by atoms with van der Waals surface area (Å²) in [6, 6.07) is 0. The standard InChI is InChI=1S/C20H30N4O2/c1-15(2)6-5-9-21-18-16-7-3-4-8-17(16)22-19(23-18)24-12-20(13-24)14-25-10-11-26-20/h1,3-14H2,2H3,(H,21,22,23). The first-order valence-corrected chi connectivity index (χ1v) is 9.90. The number of nitrogens with zero attached hydrogens (tertiary/aromatic N) is 3. The summed E-state index contributed by atoms with van der Waals surface area (Å²) in [7, 11) is 0. The zero-order chi connectivity index (χ0) is 18.0. The molecule has 0 atom stereocenters. The number of aryl methyl sites for hydroxylation is 1. The van der Waals surface area contributed by atoms with Gasteiger partial charge in [-0.15, -0.1) is 6.58 Å². The largest absolute Gasteiger partial charge is 0.376 e. The van der Waals surface area contributed by atoms with Gasteiger partial charge >= 0.3 is 0 Å². The molecule has 1 aromatic heterocycles. The predicted molar refractivity (Wildman–Crippen MR) is 103 cm³/mol. The van der Waals surface area contributed by atoms with Crippen molar-refractivity contribution < 1.29 is 9.47 Å². The molecule has 0 amide bonds. The Kier molecular flexibility index (Phi) is 5.14. The molecule has 2 saturated heterocycles. The number of ether oxygens (including phenoxy) is 2. The fraction of sp³-hybridized carbons (Fsp3) is 0.700. The van der Waals surface area contributed by atoms with Gasteiger partial charge in [0, 0.05) is 12.1 Å². The van der Waals surface area contributed by atoms with E-state index in [2.05, 4.69) is 23.7 Å². The summed E-state index contributed by atoms with van der Waals surface area (Å²) in [4.78, 5) is 12.0. The third-order valence-corrected chi connectivity index (χ3v) is 5.49. The van der Waals surface area contributed by atoms with E-state index in [4.69, 9.17) is 19.4 Å². The quantitative estimate of drug-likeness (QED) is 0.623. The van der Waals surface area contributed by atoms with Gasteiger partial charge in [0.05, 0.1) is 38.6 Å². The highest BCUT2D eigenvalue weighted by Gasteiger charge is 2.47. The first-order valence-electron chi connectivity index (χ1n) is 9.90. The summed E-state index contributed by atoms with van der Waals surface area (Å²) in [6.07, 6.45) is 6.73. The third kappa shape index (κ3) is 3.71. The molecule has 0 aromatic carbocycles. The first-order chi connectivity index (χ1) is 12.7. The van der Waals surface area contributed by atoms with Gasteiger partial charge in [0.25, 0.3) is 0 Å². The highest BCUT2D eigenvalue weighted by Crippen LogP contribution is 2.34. The van der Waals surface area contributed by atoms with Crippen molar-refractivity contribution >= 4 is 11.8 Å². The molecule has 1 spiro atoms. The second kappa shape index (κ2) is 7.53. The minimum Gasteiger partial charge on any atom is -0.376 e. The second-order valence-electron chi connectivity index (χ2n) is 7.93. The van der Waals surface area contributed by atoms with E-state index in [9.17, 15) is 0 Å². The van der Waals surface area contributed by atoms with Gasteiger partial charge in [0.2, 0.25) is 5.95 Å². The molecule has 6 heteroatoms. The van der Waals surface area contributed by atoms with Crippen molar-refractivity contribution in [2.24, 2.45) is 0 Å². The number of allylic oxidation sites excluding steroid dienone is 1. The van der Waals surface area contributed by atoms with Crippen LogP contribution in [0.1, 0.15) is 43.9 Å². The van der Waals surface area contributed by atoms with Crippen LogP contribution in [0.2, 0.25) is 0 Å². The Morgan fingerprint density at radius 1 is 1.23 bits per heavy atom. The lowest BCUT2D eigenvalue weighted by Crippen LogP contribution is -2.68. The number of nitrogens with one attached hydrogen (secondary N) is 1. The van der Waals surface area contributed by atoms with Crippen LogP contribution in [0.5, 0.6) is 0 Å². The first kappa shape index (κ1) is 17.7. The second-order valence-corrected chi connectivity index (χ2v) is 7.93. The number of rotatable bonds is 6. The zero-order valence-corrected chi connectivity index (χ0v) is 15.9. The molecule has 2 aliphatic heterocycles. The van der Waals surface area contributed by atoms with E-state index in [1.54, 1.807) is 0 Å². The SMILES string of the molecule is C=C(C)CCCNc1nc(N2CC3(COCCO3)C2)nc2c1CCCC2. The number of hydrogen-bond donors (Lipinski definition) is 1. The normalized spacial score (nSPS) is 21.2. The number of fused-ring (bicyclic) bond motifs is 1. The Bertz CT molecular complexity index is 662. The Labute approximate surface area is 156 Å². The lowest BCUT2D eigenvalue weighted by Gasteiger charge is -2.51. The Morgan fingerprint density at radius 3 is 2.85 bits per heavy atom. The van der Waals surface area contributed by atoms with Crippen molar-refractivity contribution in [2.75, 3.05) is 49.7 Å². The molecule has 2 fully saturated rings. The van der Waals surface area contributed by atoms with Crippen LogP contribution in [0.4, 0.5) is 11.8 Å². The zero-order valence-electron chi connectivity index (χ0n) is 15.9. The van der Waals surface area contributed by atoms with E-state index >= 15 is 0 Å². The molecule has 1 N–H and O–H groups in total. The summed E-state index contributed by atoms with van der Waals surface area (Å²) in [6.45, 7) is 10.7. The van der Waals surface area contributed by atoms with Gasteiger partial charge in [-0.1, -0.05) is 5.57 Å². The molecule has 0 bridgehead atoms. The van der Waals surface area contributed by atoms with Crippen LogP contribution in [-0.2, 0) is 22.3 Å². The van der Waals surface area contributed by atoms with Crippen molar-refractivity contribution in [3.8, 4) is 0 Å². The van der Waals surface area contributed by atoms with Crippen LogP contribution < -0.4 is 10.2 Å². The molecular weight excluding hydrogens is 328 g/mol. The van der Waals surface area contributed by atoms with Crippen molar-refractivity contribution in [1.29, 1.82) is 0 Å². The van der Waals surface area contributed by atoms with Crippen molar-refractivity contribution in [3.63, 3.8) is 0 Å². The van der Waals surface area contributed by atoms with Gasteiger partial charge < -0.3 is 19.7 Å². The summed E-state index contributed by atoms with van der Waals surface area (Å²) < 4.78 is 11.6. The molecule has 6 nitrogen and oxygen atoms in total. The molecule has 3 aliphatic rings. The van der Waals surface area contributed by atoms with Gasteiger partial charge in [0.1, 0.15) is 11.4 Å². The van der Waals surface area contributed by atoms with Gasteiger partial charge in [-0.2, -0.15) is 4.98 Å². The van der Waals surface area contributed by atoms with Crippen molar-refractivity contribution in [1.82, 2.24) is 9.97 Å². The van der Waals surface area contributed by atoms with Gasteiger partial charge in [-0.05, 0) is 45.4 Å². The monoisotopic (exact) mass is 358 g/mol. The Hall–Kier alpha value is -1.66. The molecule has 1 aliphatic carbocycles. The van der Waals surface area contributed by atoms with E-state index < -0.39 is 0 Å². The lowest BCUT2D eigenvalue weighted by molar-refractivity contribution is -0.168. The molecule has 3 heterocycles. The minimum atomic E-state index is -0.146. The lowest BCUT2D eigenvalue weighted by atomic mass is 9.94. The van der Waals surface area contributed by atoms with Gasteiger partial charge in [0.15, 0.2) is 0 Å². The number of hydrogen-bond acceptors (Lipinski definition) is 6. The molecule has 0 saturated carbocycles. The fourth-order valence-electron chi connectivity index (χ4n) is 4.06. The summed E-state index contributed by atoms with van der Waals surface area (Å²) >= 11 is 0. The van der Waals surface area contributed by atoms with E-state index in [0.29, 0.717) is 19.8 Å². The number of aromatic nitrogens is 2. The molecule has 1 aromatic rings. The molecule has 4 rings (SSSR count). The third-order valence-electron chi connectivity index (χ3n) is 5.49. The molecule has 142 valence electrons. The van der Waals surface area contributed by atoms with Crippen molar-refractivity contribution in [3.05, 3.63) is 23.4 Å². The van der Waals surface area contributed by atoms with E-state index in [0.717, 1.165) is 57.1 Å². The fourth-order valence-corrected chi connectivity index (χ4v) is 4.06. The van der Waals surface area contributed by atoms with Crippen molar-refractivity contribution in [2.45, 2.75) is 51.0 Å². The average Bonchev–Trinajstić information content (AvgIpc) is 2.63. The van der Waals surface area contributed by atoms with Gasteiger partial charge in [-0.3, -0.25) is 0 Å². The Balaban J connectivity index is 1.47. The van der Waals surface area contributed by atoms with E-state index in [1.165, 1.54) is 29.7 Å². The maximum atomic E-state index is 5.95. The van der Waals surface area contributed by atoms with Crippen LogP contribution in [0.15, 0.2) is 12.2 Å². The minimum absolute atomic E-state index is 0.146. The predicted octanol–water partition coefficient (Wildman–Crippen LogP) is 2.73. The van der Waals surface area contributed by atoms with E-state index in [-0.39, 0.29) is 5.60 Å². The van der Waals surface area contributed by atoms with Gasteiger partial charge in [-0.25, -0.2) is 4.98 Å². The molecule has 0 unspecified atom stereocenters. The van der Waals surface area contributed by atoms with Crippen LogP contribution >= 0.6 is 0 Å². The Morgan fingerprint density at radius 2 is 2.08 bits per heavy atom. The van der Waals surface area contributed by atoms with E-state index in [1.807, 2.05) is 0 Å². The summed E-state index contributed by atoms with van der Waals surface area (Å²) in [5.74, 6) is 1.88. The van der Waals surface area contributed by atoms with Crippen LogP contribution in [0.3, 0.4) is 0 Å². The average molecular weight is 358 g/mol. The number of anilines is 2. The molecule has 0 radical (unpaired) electrons. The highest BCUT2D eigenvalue weighted by atomic mass is 16.6. The maximum Gasteiger partial charge on any atom is 0.227 e. The molecule has 26 heavy (non-hydrogen) atoms.